The van der Waals surface area contributed by atoms with E-state index in [4.69, 9.17) is 4.74 Å². The van der Waals surface area contributed by atoms with E-state index in [9.17, 15) is 0 Å². The standard InChI is InChI=1S/C13H14Br2N2OS/c1-8(2)18-12-9(5-10(14)6-11(12)15)7-17-13-16-3-4-19-13/h3-6,8H,7H2,1-2H3,(H,16,17). The molecule has 0 radical (unpaired) electrons. The van der Waals surface area contributed by atoms with Crippen molar-refractivity contribution in [3.63, 3.8) is 0 Å². The summed E-state index contributed by atoms with van der Waals surface area (Å²) in [6.07, 6.45) is 1.92. The molecule has 1 heterocycles. The molecule has 2 aromatic rings. The van der Waals surface area contributed by atoms with Gasteiger partial charge < -0.3 is 10.1 Å². The SMILES string of the molecule is CC(C)Oc1c(Br)cc(Br)cc1CNc1nccs1. The Morgan fingerprint density at radius 2 is 2.16 bits per heavy atom. The van der Waals surface area contributed by atoms with Gasteiger partial charge in [0.25, 0.3) is 0 Å². The van der Waals surface area contributed by atoms with Gasteiger partial charge >= 0.3 is 0 Å². The van der Waals surface area contributed by atoms with Gasteiger partial charge in [-0.1, -0.05) is 15.9 Å². The first-order valence-electron chi connectivity index (χ1n) is 5.84. The number of nitrogens with one attached hydrogen (secondary N) is 1. The molecule has 0 aliphatic rings. The number of nitrogens with zero attached hydrogens (tertiary/aromatic N) is 1. The Bertz CT molecular complexity index is 544. The lowest BCUT2D eigenvalue weighted by atomic mass is 10.2. The summed E-state index contributed by atoms with van der Waals surface area (Å²) < 4.78 is 7.85. The maximum atomic E-state index is 5.88. The molecule has 1 N–H and O–H groups in total. The number of hydrogen-bond donors (Lipinski definition) is 1. The van der Waals surface area contributed by atoms with Gasteiger partial charge in [0.05, 0.1) is 10.6 Å². The van der Waals surface area contributed by atoms with Crippen molar-refractivity contribution in [1.29, 1.82) is 0 Å². The molecule has 0 fully saturated rings. The van der Waals surface area contributed by atoms with Crippen LogP contribution < -0.4 is 10.1 Å². The zero-order valence-electron chi connectivity index (χ0n) is 10.6. The minimum atomic E-state index is 0.135. The second-order valence-corrected chi connectivity index (χ2v) is 6.90. The predicted molar refractivity (Wildman–Crippen MR) is 87.0 cm³/mol. The molecule has 0 aliphatic heterocycles. The summed E-state index contributed by atoms with van der Waals surface area (Å²) in [6.45, 7) is 4.71. The lowest BCUT2D eigenvalue weighted by Gasteiger charge is -2.17. The maximum absolute atomic E-state index is 5.88. The second-order valence-electron chi connectivity index (χ2n) is 4.23. The number of aromatic nitrogens is 1. The third-order valence-corrected chi connectivity index (χ3v) is 4.08. The van der Waals surface area contributed by atoms with Crippen molar-refractivity contribution < 1.29 is 4.74 Å². The van der Waals surface area contributed by atoms with Gasteiger partial charge in [-0.2, -0.15) is 0 Å². The largest absolute Gasteiger partial charge is 0.489 e. The number of halogens is 2. The Labute approximate surface area is 133 Å². The molecule has 19 heavy (non-hydrogen) atoms. The smallest absolute Gasteiger partial charge is 0.182 e. The maximum Gasteiger partial charge on any atom is 0.182 e. The summed E-state index contributed by atoms with van der Waals surface area (Å²) in [7, 11) is 0. The van der Waals surface area contributed by atoms with Crippen molar-refractivity contribution in [2.24, 2.45) is 0 Å². The van der Waals surface area contributed by atoms with E-state index in [0.29, 0.717) is 6.54 Å². The van der Waals surface area contributed by atoms with Gasteiger partial charge in [0, 0.05) is 28.2 Å². The van der Waals surface area contributed by atoms with E-state index < -0.39 is 0 Å². The number of thiazole rings is 1. The molecule has 0 bridgehead atoms. The Morgan fingerprint density at radius 3 is 2.79 bits per heavy atom. The molecule has 0 atom stereocenters. The quantitative estimate of drug-likeness (QED) is 0.754. The van der Waals surface area contributed by atoms with Gasteiger partial charge in [-0.25, -0.2) is 4.98 Å². The number of hydrogen-bond acceptors (Lipinski definition) is 4. The first-order valence-corrected chi connectivity index (χ1v) is 8.30. The van der Waals surface area contributed by atoms with Crippen LogP contribution in [0.4, 0.5) is 5.13 Å². The highest BCUT2D eigenvalue weighted by Crippen LogP contribution is 2.34. The fourth-order valence-electron chi connectivity index (χ4n) is 1.59. The number of anilines is 1. The molecule has 0 saturated heterocycles. The lowest BCUT2D eigenvalue weighted by molar-refractivity contribution is 0.238. The normalized spacial score (nSPS) is 10.8. The number of benzene rings is 1. The van der Waals surface area contributed by atoms with Crippen LogP contribution in [0.2, 0.25) is 0 Å². The highest BCUT2D eigenvalue weighted by atomic mass is 79.9. The van der Waals surface area contributed by atoms with E-state index in [0.717, 1.165) is 25.4 Å². The van der Waals surface area contributed by atoms with Crippen LogP contribution in [-0.2, 0) is 6.54 Å². The molecule has 3 nitrogen and oxygen atoms in total. The zero-order valence-corrected chi connectivity index (χ0v) is 14.6. The van der Waals surface area contributed by atoms with Crippen LogP contribution in [0.5, 0.6) is 5.75 Å². The van der Waals surface area contributed by atoms with Crippen molar-refractivity contribution in [3.8, 4) is 5.75 Å². The van der Waals surface area contributed by atoms with Gasteiger partial charge in [0.1, 0.15) is 5.75 Å². The Balaban J connectivity index is 2.21. The second kappa shape index (κ2) is 6.72. The van der Waals surface area contributed by atoms with Gasteiger partial charge in [-0.05, 0) is 41.9 Å². The van der Waals surface area contributed by atoms with Gasteiger partial charge in [-0.3, -0.25) is 0 Å². The van der Waals surface area contributed by atoms with E-state index in [1.165, 1.54) is 0 Å². The van der Waals surface area contributed by atoms with Crippen LogP contribution in [0, 0.1) is 0 Å². The molecule has 0 unspecified atom stereocenters. The first kappa shape index (κ1) is 14.8. The topological polar surface area (TPSA) is 34.1 Å². The van der Waals surface area contributed by atoms with E-state index in [2.05, 4.69) is 48.2 Å². The molecule has 1 aromatic carbocycles. The average molecular weight is 406 g/mol. The summed E-state index contributed by atoms with van der Waals surface area (Å²) in [4.78, 5) is 4.21. The summed E-state index contributed by atoms with van der Waals surface area (Å²) in [5, 5.41) is 6.15. The number of ether oxygens (including phenoxy) is 1. The Hall–Kier alpha value is -0.590. The Kier molecular flexibility index (Phi) is 5.24. The molecule has 0 aliphatic carbocycles. The van der Waals surface area contributed by atoms with Gasteiger partial charge in [-0.15, -0.1) is 11.3 Å². The monoisotopic (exact) mass is 404 g/mol. The minimum absolute atomic E-state index is 0.135. The third-order valence-electron chi connectivity index (χ3n) is 2.30. The van der Waals surface area contributed by atoms with Crippen LogP contribution in [-0.4, -0.2) is 11.1 Å². The third kappa shape index (κ3) is 4.19. The van der Waals surface area contributed by atoms with Crippen LogP contribution >= 0.6 is 43.2 Å². The van der Waals surface area contributed by atoms with Crippen LogP contribution in [0.1, 0.15) is 19.4 Å². The molecule has 6 heteroatoms. The molecule has 102 valence electrons. The fraction of sp³-hybridized carbons (Fsp3) is 0.308. The summed E-state index contributed by atoms with van der Waals surface area (Å²) in [5.41, 5.74) is 1.09. The average Bonchev–Trinajstić information content (AvgIpc) is 2.83. The first-order chi connectivity index (χ1) is 9.06. The van der Waals surface area contributed by atoms with E-state index in [1.807, 2.05) is 25.3 Å². The van der Waals surface area contributed by atoms with E-state index in [-0.39, 0.29) is 6.10 Å². The fourth-order valence-corrected chi connectivity index (χ4v) is 3.53. The van der Waals surface area contributed by atoms with E-state index in [1.54, 1.807) is 17.5 Å². The number of rotatable bonds is 5. The van der Waals surface area contributed by atoms with Crippen molar-refractivity contribution >= 4 is 48.3 Å². The minimum Gasteiger partial charge on any atom is -0.489 e. The molecule has 1 aromatic heterocycles. The molecular weight excluding hydrogens is 392 g/mol. The van der Waals surface area contributed by atoms with E-state index >= 15 is 0 Å². The van der Waals surface area contributed by atoms with Crippen LogP contribution in [0.15, 0.2) is 32.7 Å². The van der Waals surface area contributed by atoms with Crippen LogP contribution in [0.3, 0.4) is 0 Å². The highest BCUT2D eigenvalue weighted by Gasteiger charge is 2.12. The van der Waals surface area contributed by atoms with Gasteiger partial charge in [0.2, 0.25) is 0 Å². The molecular formula is C13H14Br2N2OS. The zero-order chi connectivity index (χ0) is 13.8. The van der Waals surface area contributed by atoms with Crippen molar-refractivity contribution in [2.45, 2.75) is 26.5 Å². The van der Waals surface area contributed by atoms with Crippen LogP contribution in [0.25, 0.3) is 0 Å². The predicted octanol–water partition coefficient (Wildman–Crippen LogP) is 5.07. The summed E-state index contributed by atoms with van der Waals surface area (Å²) >= 11 is 8.64. The molecule has 0 spiro atoms. The molecule has 0 amide bonds. The van der Waals surface area contributed by atoms with Crippen molar-refractivity contribution in [1.82, 2.24) is 4.98 Å². The summed E-state index contributed by atoms with van der Waals surface area (Å²) in [6, 6.07) is 4.05. The Morgan fingerprint density at radius 1 is 1.37 bits per heavy atom. The van der Waals surface area contributed by atoms with Crippen molar-refractivity contribution in [2.75, 3.05) is 5.32 Å². The van der Waals surface area contributed by atoms with Crippen molar-refractivity contribution in [3.05, 3.63) is 38.2 Å². The molecule has 0 saturated carbocycles. The summed E-state index contributed by atoms with van der Waals surface area (Å²) in [5.74, 6) is 0.877. The van der Waals surface area contributed by atoms with Gasteiger partial charge in [0.15, 0.2) is 5.13 Å². The molecule has 2 rings (SSSR count). The highest BCUT2D eigenvalue weighted by molar-refractivity contribution is 9.11. The lowest BCUT2D eigenvalue weighted by Crippen LogP contribution is -2.10.